The molecule has 4 heteroatoms. The van der Waals surface area contributed by atoms with Crippen LogP contribution >= 0.6 is 22.6 Å². The van der Waals surface area contributed by atoms with Crippen molar-refractivity contribution in [1.29, 1.82) is 0 Å². The molecule has 0 aliphatic rings. The second kappa shape index (κ2) is 11.0. The lowest BCUT2D eigenvalue weighted by Crippen LogP contribution is -2.03. The molecule has 0 saturated carbocycles. The summed E-state index contributed by atoms with van der Waals surface area (Å²) in [6.45, 7) is 0. The highest BCUT2D eigenvalue weighted by Gasteiger charge is 2.24. The normalized spacial score (nSPS) is 12.0. The Morgan fingerprint density at radius 2 is 1.20 bits per heavy atom. The van der Waals surface area contributed by atoms with Crippen molar-refractivity contribution >= 4 is 98.8 Å². The Kier molecular flexibility index (Phi) is 6.22. The second-order valence-electron chi connectivity index (χ2n) is 13.2. The first-order valence-corrected chi connectivity index (χ1v) is 18.2. The minimum Gasteiger partial charge on any atom is -0.455 e. The third-order valence-corrected chi connectivity index (χ3v) is 11.4. The van der Waals surface area contributed by atoms with Gasteiger partial charge in [-0.15, -0.1) is 0 Å². The smallest absolute Gasteiger partial charge is 0.152 e. The molecule has 3 aromatic heterocycles. The molecule has 0 N–H and O–H groups in total. The Morgan fingerprint density at radius 3 is 2.06 bits per heavy atom. The van der Waals surface area contributed by atoms with E-state index >= 15 is 0 Å². The number of aromatic nitrogens is 2. The zero-order valence-electron chi connectivity index (χ0n) is 27.3. The number of furan rings is 1. The van der Waals surface area contributed by atoms with E-state index < -0.39 is 0 Å². The van der Waals surface area contributed by atoms with E-state index in [0.717, 1.165) is 64.4 Å². The van der Waals surface area contributed by atoms with Crippen LogP contribution in [0.15, 0.2) is 168 Å². The fraction of sp³-hybridized carbons (Fsp3) is 0. The van der Waals surface area contributed by atoms with E-state index in [-0.39, 0.29) is 0 Å². The molecule has 0 bridgehead atoms. The second-order valence-corrected chi connectivity index (χ2v) is 14.3. The van der Waals surface area contributed by atoms with Crippen molar-refractivity contribution in [1.82, 2.24) is 9.55 Å². The van der Waals surface area contributed by atoms with Crippen molar-refractivity contribution in [2.75, 3.05) is 0 Å². The molecule has 0 aliphatic heterocycles. The molecular formula is C47H27IN2O. The maximum absolute atomic E-state index is 6.79. The van der Waals surface area contributed by atoms with Gasteiger partial charge < -0.3 is 4.42 Å². The molecule has 0 aliphatic carbocycles. The predicted molar refractivity (Wildman–Crippen MR) is 222 cm³/mol. The van der Waals surface area contributed by atoms with Gasteiger partial charge in [-0.05, 0) is 91.7 Å². The lowest BCUT2D eigenvalue weighted by Gasteiger charge is -2.16. The standard InChI is InChI=1S/C47H27IN2O/c48-45-44(36-19-10-18-34-37-25-30-14-4-5-15-31(30)27-42(37)51-46(34)36)35-17-8-9-20-39(35)49-47(45)50-40-23-22-32(28-11-2-1-3-12-28)26-38(40)43-33-16-7-6-13-29(33)21-24-41(43)50/h1-27H. The third-order valence-electron chi connectivity index (χ3n) is 10.4. The van der Waals surface area contributed by atoms with Crippen molar-refractivity contribution in [3.05, 3.63) is 167 Å². The van der Waals surface area contributed by atoms with Crippen molar-refractivity contribution in [2.45, 2.75) is 0 Å². The third kappa shape index (κ3) is 4.26. The van der Waals surface area contributed by atoms with Crippen LogP contribution in [0.1, 0.15) is 0 Å². The van der Waals surface area contributed by atoms with Gasteiger partial charge in [0.05, 0.1) is 20.1 Å². The molecule has 3 heterocycles. The number of hydrogen-bond donors (Lipinski definition) is 0. The first-order chi connectivity index (χ1) is 25.2. The van der Waals surface area contributed by atoms with E-state index in [4.69, 9.17) is 9.40 Å². The average Bonchev–Trinajstić information content (AvgIpc) is 3.72. The van der Waals surface area contributed by atoms with Gasteiger partial charge in [-0.2, -0.15) is 0 Å². The first-order valence-electron chi connectivity index (χ1n) is 17.2. The number of rotatable bonds is 3. The molecule has 0 fully saturated rings. The van der Waals surface area contributed by atoms with Gasteiger partial charge in [0, 0.05) is 38.1 Å². The van der Waals surface area contributed by atoms with Crippen LogP contribution in [0.2, 0.25) is 0 Å². The molecule has 51 heavy (non-hydrogen) atoms. The summed E-state index contributed by atoms with van der Waals surface area (Å²) in [6.07, 6.45) is 0. The molecule has 8 aromatic carbocycles. The number of para-hydroxylation sites is 2. The van der Waals surface area contributed by atoms with Gasteiger partial charge in [0.2, 0.25) is 0 Å². The zero-order chi connectivity index (χ0) is 33.6. The lowest BCUT2D eigenvalue weighted by atomic mass is 9.98. The van der Waals surface area contributed by atoms with Gasteiger partial charge in [-0.1, -0.05) is 127 Å². The summed E-state index contributed by atoms with van der Waals surface area (Å²) in [5.41, 5.74) is 9.58. The van der Waals surface area contributed by atoms with E-state index in [1.807, 2.05) is 0 Å². The molecule has 0 amide bonds. The van der Waals surface area contributed by atoms with Crippen LogP contribution in [0.3, 0.4) is 0 Å². The van der Waals surface area contributed by atoms with Crippen LogP contribution in [0.5, 0.6) is 0 Å². The summed E-state index contributed by atoms with van der Waals surface area (Å²) < 4.78 is 10.2. The van der Waals surface area contributed by atoms with Crippen LogP contribution in [0, 0.1) is 3.57 Å². The number of hydrogen-bond acceptors (Lipinski definition) is 2. The van der Waals surface area contributed by atoms with E-state index in [0.29, 0.717) is 0 Å². The summed E-state index contributed by atoms with van der Waals surface area (Å²) in [4.78, 5) is 5.45. The molecule has 238 valence electrons. The molecule has 0 atom stereocenters. The summed E-state index contributed by atoms with van der Waals surface area (Å²) in [7, 11) is 0. The highest BCUT2D eigenvalue weighted by Crippen LogP contribution is 2.45. The maximum atomic E-state index is 6.79. The zero-order valence-corrected chi connectivity index (χ0v) is 29.4. The summed E-state index contributed by atoms with van der Waals surface area (Å²) >= 11 is 2.53. The van der Waals surface area contributed by atoms with Gasteiger partial charge in [-0.25, -0.2) is 4.98 Å². The summed E-state index contributed by atoms with van der Waals surface area (Å²) in [6, 6.07) is 58.6. The Bertz CT molecular complexity index is 3210. The van der Waals surface area contributed by atoms with Crippen molar-refractivity contribution in [3.63, 3.8) is 0 Å². The number of benzene rings is 8. The van der Waals surface area contributed by atoms with Gasteiger partial charge in [0.25, 0.3) is 0 Å². The van der Waals surface area contributed by atoms with Crippen LogP contribution in [0.4, 0.5) is 0 Å². The minimum absolute atomic E-state index is 0.892. The molecule has 0 spiro atoms. The summed E-state index contributed by atoms with van der Waals surface area (Å²) in [5, 5.41) is 10.6. The van der Waals surface area contributed by atoms with Crippen LogP contribution < -0.4 is 0 Å². The Hall–Kier alpha value is -5.98. The Morgan fingerprint density at radius 1 is 0.490 bits per heavy atom. The topological polar surface area (TPSA) is 31.0 Å². The van der Waals surface area contributed by atoms with Gasteiger partial charge in [0.15, 0.2) is 5.82 Å². The SMILES string of the molecule is Ic1c(-n2c3ccc(-c4ccccc4)cc3c3c4ccccc4ccc32)nc2ccccc2c1-c1cccc2c1oc1cc3ccccc3cc12. The van der Waals surface area contributed by atoms with E-state index in [1.54, 1.807) is 0 Å². The van der Waals surface area contributed by atoms with Crippen molar-refractivity contribution < 1.29 is 4.42 Å². The number of nitrogens with zero attached hydrogens (tertiary/aromatic N) is 2. The van der Waals surface area contributed by atoms with Crippen LogP contribution in [-0.4, -0.2) is 9.55 Å². The largest absolute Gasteiger partial charge is 0.455 e. The van der Waals surface area contributed by atoms with E-state index in [1.165, 1.54) is 43.4 Å². The average molecular weight is 763 g/mol. The Balaban J connectivity index is 1.25. The van der Waals surface area contributed by atoms with Crippen molar-refractivity contribution in [2.24, 2.45) is 0 Å². The summed E-state index contributed by atoms with van der Waals surface area (Å²) in [5.74, 6) is 0.908. The Labute approximate surface area is 306 Å². The quantitative estimate of drug-likeness (QED) is 0.168. The fourth-order valence-electron chi connectivity index (χ4n) is 8.10. The lowest BCUT2D eigenvalue weighted by molar-refractivity contribution is 0.670. The number of halogens is 1. The monoisotopic (exact) mass is 762 g/mol. The molecule has 11 aromatic rings. The van der Waals surface area contributed by atoms with Crippen LogP contribution in [0.25, 0.3) is 104 Å². The highest BCUT2D eigenvalue weighted by molar-refractivity contribution is 14.1. The molecule has 0 saturated heterocycles. The van der Waals surface area contributed by atoms with E-state index in [9.17, 15) is 0 Å². The highest BCUT2D eigenvalue weighted by atomic mass is 127. The minimum atomic E-state index is 0.892. The molecule has 11 rings (SSSR count). The maximum Gasteiger partial charge on any atom is 0.152 e. The van der Waals surface area contributed by atoms with Gasteiger partial charge in [-0.3, -0.25) is 4.57 Å². The van der Waals surface area contributed by atoms with Gasteiger partial charge >= 0.3 is 0 Å². The fourth-order valence-corrected chi connectivity index (χ4v) is 9.04. The van der Waals surface area contributed by atoms with Crippen LogP contribution in [-0.2, 0) is 0 Å². The van der Waals surface area contributed by atoms with Gasteiger partial charge in [0.1, 0.15) is 11.2 Å². The molecular weight excluding hydrogens is 735 g/mol. The molecule has 0 unspecified atom stereocenters. The molecule has 3 nitrogen and oxygen atoms in total. The predicted octanol–water partition coefficient (Wildman–Crippen LogP) is 13.5. The number of pyridine rings is 1. The number of fused-ring (bicyclic) bond motifs is 10. The molecule has 0 radical (unpaired) electrons. The van der Waals surface area contributed by atoms with Crippen molar-refractivity contribution in [3.8, 4) is 28.1 Å². The first kappa shape index (κ1) is 28.8. The van der Waals surface area contributed by atoms with E-state index in [2.05, 4.69) is 191 Å².